The number of carbonyl (C=O) groups excluding carboxylic acids is 1. The van der Waals surface area contributed by atoms with E-state index in [1.807, 2.05) is 0 Å². The minimum Gasteiger partial charge on any atom is -0.360 e. The lowest BCUT2D eigenvalue weighted by molar-refractivity contribution is -0.115. The number of nitrogens with zero attached hydrogens (tertiary/aromatic N) is 1. The Labute approximate surface area is 131 Å². The molecule has 1 atom stereocenters. The number of rotatable bonds is 5. The molecule has 0 fully saturated rings. The fourth-order valence-electron chi connectivity index (χ4n) is 1.58. The van der Waals surface area contributed by atoms with E-state index in [2.05, 4.69) is 10.5 Å². The van der Waals surface area contributed by atoms with Crippen LogP contribution in [0.25, 0.3) is 0 Å². The average Bonchev–Trinajstić information content (AvgIpc) is 2.82. The van der Waals surface area contributed by atoms with Crippen LogP contribution in [0.5, 0.6) is 0 Å². The topological polar surface area (TPSA) is 55.1 Å². The van der Waals surface area contributed by atoms with E-state index in [1.165, 1.54) is 23.9 Å². The molecular weight excluding hydrogens is 315 g/mol. The number of hydrogen-bond acceptors (Lipinski definition) is 4. The van der Waals surface area contributed by atoms with E-state index >= 15 is 0 Å². The van der Waals surface area contributed by atoms with E-state index in [-0.39, 0.29) is 17.0 Å². The first kappa shape index (κ1) is 15.9. The lowest BCUT2D eigenvalue weighted by atomic mass is 10.2. The lowest BCUT2D eigenvalue weighted by Gasteiger charge is -2.11. The van der Waals surface area contributed by atoms with Crippen molar-refractivity contribution in [1.29, 1.82) is 0 Å². The molecule has 1 aromatic heterocycles. The second kappa shape index (κ2) is 6.95. The summed E-state index contributed by atoms with van der Waals surface area (Å²) < 4.78 is 17.8. The fraction of sp³-hybridized carbons (Fsp3) is 0.286. The van der Waals surface area contributed by atoms with Crippen LogP contribution < -0.4 is 5.32 Å². The highest BCUT2D eigenvalue weighted by Crippen LogP contribution is 2.25. The van der Waals surface area contributed by atoms with Gasteiger partial charge in [-0.15, -0.1) is 11.8 Å². The molecule has 7 heteroatoms. The zero-order valence-corrected chi connectivity index (χ0v) is 13.1. The van der Waals surface area contributed by atoms with Crippen molar-refractivity contribution in [3.05, 3.63) is 46.4 Å². The van der Waals surface area contributed by atoms with E-state index in [1.54, 1.807) is 26.0 Å². The summed E-state index contributed by atoms with van der Waals surface area (Å²) in [6.45, 7) is 3.53. The first-order chi connectivity index (χ1) is 9.95. The largest absolute Gasteiger partial charge is 0.360 e. The van der Waals surface area contributed by atoms with Crippen LogP contribution in [0.4, 0.5) is 10.2 Å². The predicted octanol–water partition coefficient (Wildman–Crippen LogP) is 4.04. The molecule has 0 bridgehead atoms. The minimum atomic E-state index is -0.374. The molecule has 0 saturated carbocycles. The third kappa shape index (κ3) is 4.47. The van der Waals surface area contributed by atoms with Crippen LogP contribution in [-0.4, -0.2) is 16.3 Å². The Bertz CT molecular complexity index is 648. The summed E-state index contributed by atoms with van der Waals surface area (Å²) in [6.07, 6.45) is 0. The quantitative estimate of drug-likeness (QED) is 0.900. The van der Waals surface area contributed by atoms with Crippen LogP contribution in [0, 0.1) is 12.7 Å². The van der Waals surface area contributed by atoms with Crippen molar-refractivity contribution in [2.75, 3.05) is 5.32 Å². The van der Waals surface area contributed by atoms with E-state index < -0.39 is 0 Å². The molecule has 2 aromatic rings. The van der Waals surface area contributed by atoms with Gasteiger partial charge >= 0.3 is 0 Å². The van der Waals surface area contributed by atoms with Crippen LogP contribution in [0.2, 0.25) is 5.02 Å². The monoisotopic (exact) mass is 328 g/mol. The van der Waals surface area contributed by atoms with Crippen molar-refractivity contribution in [2.24, 2.45) is 0 Å². The number of thioether (sulfide) groups is 1. The Kier molecular flexibility index (Phi) is 5.25. The third-order valence-electron chi connectivity index (χ3n) is 2.75. The van der Waals surface area contributed by atoms with Gasteiger partial charge in [0.25, 0.3) is 0 Å². The summed E-state index contributed by atoms with van der Waals surface area (Å²) in [5.74, 6) is 0.992. The molecule has 1 N–H and O–H groups in total. The first-order valence-corrected chi connectivity index (χ1v) is 7.68. The molecule has 1 amide bonds. The van der Waals surface area contributed by atoms with Gasteiger partial charge in [0.2, 0.25) is 5.91 Å². The van der Waals surface area contributed by atoms with E-state index in [0.717, 1.165) is 5.56 Å². The molecule has 0 saturated heterocycles. The van der Waals surface area contributed by atoms with Gasteiger partial charge in [-0.3, -0.25) is 4.79 Å². The maximum Gasteiger partial charge on any atom is 0.238 e. The number of benzene rings is 1. The second-order valence-corrected chi connectivity index (χ2v) is 6.24. The standard InChI is InChI=1S/C14H14ClFN2O2S/c1-8-5-13(18-20-8)17-14(19)9(2)21-7-10-3-4-11(16)6-12(10)15/h3-6,9H,7H2,1-2H3,(H,17,18,19)/t9-/m1/s1. The Morgan fingerprint density at radius 1 is 1.52 bits per heavy atom. The van der Waals surface area contributed by atoms with Gasteiger partial charge in [-0.05, 0) is 31.5 Å². The van der Waals surface area contributed by atoms with E-state index in [4.69, 9.17) is 16.1 Å². The first-order valence-electron chi connectivity index (χ1n) is 6.25. The molecule has 0 aliphatic rings. The highest BCUT2D eigenvalue weighted by Gasteiger charge is 2.16. The zero-order chi connectivity index (χ0) is 15.4. The number of hydrogen-bond donors (Lipinski definition) is 1. The number of aryl methyl sites for hydroxylation is 1. The Hall–Kier alpha value is -1.53. The molecule has 0 aliphatic heterocycles. The van der Waals surface area contributed by atoms with Crippen LogP contribution >= 0.6 is 23.4 Å². The van der Waals surface area contributed by atoms with Crippen LogP contribution in [0.3, 0.4) is 0 Å². The van der Waals surface area contributed by atoms with Crippen molar-refractivity contribution in [3.8, 4) is 0 Å². The number of anilines is 1. The van der Waals surface area contributed by atoms with Gasteiger partial charge in [0.1, 0.15) is 11.6 Å². The molecule has 0 aliphatic carbocycles. The lowest BCUT2D eigenvalue weighted by Crippen LogP contribution is -2.22. The molecular formula is C14H14ClFN2O2S. The Morgan fingerprint density at radius 3 is 2.90 bits per heavy atom. The molecule has 0 radical (unpaired) electrons. The summed E-state index contributed by atoms with van der Waals surface area (Å²) in [6, 6.07) is 5.88. The summed E-state index contributed by atoms with van der Waals surface area (Å²) in [5, 5.41) is 6.43. The summed E-state index contributed by atoms with van der Waals surface area (Å²) in [5.41, 5.74) is 0.792. The van der Waals surface area contributed by atoms with Crippen molar-refractivity contribution < 1.29 is 13.7 Å². The van der Waals surface area contributed by atoms with Crippen molar-refractivity contribution in [2.45, 2.75) is 24.9 Å². The number of amides is 1. The molecule has 112 valence electrons. The highest BCUT2D eigenvalue weighted by molar-refractivity contribution is 7.99. The molecule has 4 nitrogen and oxygen atoms in total. The molecule has 0 unspecified atom stereocenters. The second-order valence-electron chi connectivity index (χ2n) is 4.50. The highest BCUT2D eigenvalue weighted by atomic mass is 35.5. The smallest absolute Gasteiger partial charge is 0.238 e. The number of aromatic nitrogens is 1. The predicted molar refractivity (Wildman–Crippen MR) is 82.0 cm³/mol. The number of halogens is 2. The van der Waals surface area contributed by atoms with Crippen LogP contribution in [-0.2, 0) is 10.5 Å². The van der Waals surface area contributed by atoms with Crippen LogP contribution in [0.1, 0.15) is 18.2 Å². The molecule has 1 heterocycles. The fourth-order valence-corrected chi connectivity index (χ4v) is 2.79. The van der Waals surface area contributed by atoms with Crippen molar-refractivity contribution in [1.82, 2.24) is 5.16 Å². The molecule has 0 spiro atoms. The van der Waals surface area contributed by atoms with Gasteiger partial charge < -0.3 is 9.84 Å². The van der Waals surface area contributed by atoms with Gasteiger partial charge in [0, 0.05) is 16.8 Å². The Balaban J connectivity index is 1.88. The van der Waals surface area contributed by atoms with Gasteiger partial charge in [-0.2, -0.15) is 0 Å². The SMILES string of the molecule is Cc1cc(NC(=O)[C@@H](C)SCc2ccc(F)cc2Cl)no1. The number of carbonyl (C=O) groups is 1. The van der Waals surface area contributed by atoms with Crippen molar-refractivity contribution in [3.63, 3.8) is 0 Å². The minimum absolute atomic E-state index is 0.175. The molecule has 1 aromatic carbocycles. The maximum atomic E-state index is 12.9. The normalized spacial score (nSPS) is 12.2. The van der Waals surface area contributed by atoms with Gasteiger partial charge in [-0.25, -0.2) is 4.39 Å². The average molecular weight is 329 g/mol. The van der Waals surface area contributed by atoms with Gasteiger partial charge in [0.15, 0.2) is 5.82 Å². The third-order valence-corrected chi connectivity index (χ3v) is 4.30. The molecule has 21 heavy (non-hydrogen) atoms. The maximum absolute atomic E-state index is 12.9. The van der Waals surface area contributed by atoms with Crippen LogP contribution in [0.15, 0.2) is 28.8 Å². The molecule has 2 rings (SSSR count). The Morgan fingerprint density at radius 2 is 2.29 bits per heavy atom. The zero-order valence-electron chi connectivity index (χ0n) is 11.5. The summed E-state index contributed by atoms with van der Waals surface area (Å²) in [4.78, 5) is 12.0. The van der Waals surface area contributed by atoms with E-state index in [0.29, 0.717) is 22.4 Å². The number of nitrogens with one attached hydrogen (secondary N) is 1. The summed E-state index contributed by atoms with van der Waals surface area (Å²) >= 11 is 7.36. The summed E-state index contributed by atoms with van der Waals surface area (Å²) in [7, 11) is 0. The van der Waals surface area contributed by atoms with Crippen molar-refractivity contribution >= 4 is 35.1 Å². The van der Waals surface area contributed by atoms with E-state index in [9.17, 15) is 9.18 Å². The van der Waals surface area contributed by atoms with Gasteiger partial charge in [0.05, 0.1) is 5.25 Å². The van der Waals surface area contributed by atoms with Gasteiger partial charge in [-0.1, -0.05) is 22.8 Å².